The highest BCUT2D eigenvalue weighted by molar-refractivity contribution is 7.93. The number of anilines is 3. The van der Waals surface area contributed by atoms with Crippen LogP contribution in [-0.2, 0) is 10.0 Å². The summed E-state index contributed by atoms with van der Waals surface area (Å²) in [6.45, 7) is 0. The van der Waals surface area contributed by atoms with Crippen LogP contribution in [0, 0.1) is 0 Å². The molecule has 4 aromatic rings. The SMILES string of the molecule is COc1ccc(C(=O)Nc2ccc(C(=O)Nc3ccc(S(=O)(=O)Nc4nccs4)cc3)cc2)cc1. The van der Waals surface area contributed by atoms with Crippen molar-refractivity contribution in [3.8, 4) is 5.75 Å². The van der Waals surface area contributed by atoms with Crippen LogP contribution in [0.5, 0.6) is 5.75 Å². The smallest absolute Gasteiger partial charge is 0.263 e. The maximum absolute atomic E-state index is 12.6. The number of rotatable bonds is 8. The lowest BCUT2D eigenvalue weighted by Crippen LogP contribution is -2.14. The molecule has 0 aliphatic heterocycles. The first-order valence-corrected chi connectivity index (χ1v) is 12.6. The summed E-state index contributed by atoms with van der Waals surface area (Å²) in [5.74, 6) is -0.0145. The molecule has 1 heterocycles. The number of sulfonamides is 1. The Hall–Kier alpha value is -4.22. The van der Waals surface area contributed by atoms with E-state index in [1.54, 1.807) is 61.0 Å². The molecule has 178 valence electrons. The van der Waals surface area contributed by atoms with Crippen molar-refractivity contribution in [2.24, 2.45) is 0 Å². The van der Waals surface area contributed by atoms with Gasteiger partial charge in [0.25, 0.3) is 21.8 Å². The molecule has 3 N–H and O–H groups in total. The zero-order valence-corrected chi connectivity index (χ0v) is 20.0. The van der Waals surface area contributed by atoms with E-state index >= 15 is 0 Å². The van der Waals surface area contributed by atoms with Gasteiger partial charge in [-0.05, 0) is 72.8 Å². The molecule has 0 atom stereocenters. The summed E-state index contributed by atoms with van der Waals surface area (Å²) in [5, 5.41) is 7.42. The molecule has 0 aliphatic rings. The second-order valence-electron chi connectivity index (χ2n) is 7.18. The second kappa shape index (κ2) is 10.4. The fraction of sp³-hybridized carbons (Fsp3) is 0.0417. The van der Waals surface area contributed by atoms with Crippen molar-refractivity contribution in [3.63, 3.8) is 0 Å². The number of nitrogens with zero attached hydrogens (tertiary/aromatic N) is 1. The van der Waals surface area contributed by atoms with Crippen LogP contribution in [0.2, 0.25) is 0 Å². The number of aromatic nitrogens is 1. The molecule has 1 aromatic heterocycles. The summed E-state index contributed by atoms with van der Waals surface area (Å²) in [5.41, 5.74) is 1.80. The number of benzene rings is 3. The maximum atomic E-state index is 12.6. The minimum Gasteiger partial charge on any atom is -0.497 e. The Balaban J connectivity index is 1.36. The fourth-order valence-electron chi connectivity index (χ4n) is 3.02. The van der Waals surface area contributed by atoms with E-state index in [4.69, 9.17) is 4.74 Å². The second-order valence-corrected chi connectivity index (χ2v) is 9.76. The van der Waals surface area contributed by atoms with Crippen LogP contribution >= 0.6 is 11.3 Å². The highest BCUT2D eigenvalue weighted by atomic mass is 32.2. The Kier molecular flexibility index (Phi) is 7.09. The number of hydrogen-bond acceptors (Lipinski definition) is 7. The first-order valence-electron chi connectivity index (χ1n) is 10.2. The Morgan fingerprint density at radius 2 is 1.31 bits per heavy atom. The van der Waals surface area contributed by atoms with Gasteiger partial charge >= 0.3 is 0 Å². The monoisotopic (exact) mass is 508 g/mol. The first-order chi connectivity index (χ1) is 16.8. The molecule has 0 radical (unpaired) electrons. The molecule has 0 saturated carbocycles. The molecular formula is C24H20N4O5S2. The van der Waals surface area contributed by atoms with Crippen LogP contribution in [0.4, 0.5) is 16.5 Å². The quantitative estimate of drug-likeness (QED) is 0.323. The highest BCUT2D eigenvalue weighted by Crippen LogP contribution is 2.20. The third-order valence-corrected chi connectivity index (χ3v) is 7.01. The Morgan fingerprint density at radius 3 is 1.80 bits per heavy atom. The zero-order chi connectivity index (χ0) is 24.8. The van der Waals surface area contributed by atoms with Crippen molar-refractivity contribution >= 4 is 49.7 Å². The molecule has 0 spiro atoms. The number of nitrogens with one attached hydrogen (secondary N) is 3. The number of hydrogen-bond donors (Lipinski definition) is 3. The largest absolute Gasteiger partial charge is 0.497 e. The number of methoxy groups -OCH3 is 1. The normalized spacial score (nSPS) is 10.9. The lowest BCUT2D eigenvalue weighted by Gasteiger charge is -2.09. The Labute approximate surface area is 205 Å². The van der Waals surface area contributed by atoms with Gasteiger partial charge in [-0.15, -0.1) is 11.3 Å². The number of carbonyl (C=O) groups excluding carboxylic acids is 2. The molecular weight excluding hydrogens is 488 g/mol. The van der Waals surface area contributed by atoms with Crippen LogP contribution in [0.25, 0.3) is 0 Å². The average molecular weight is 509 g/mol. The average Bonchev–Trinajstić information content (AvgIpc) is 3.37. The van der Waals surface area contributed by atoms with Gasteiger partial charge in [-0.3, -0.25) is 14.3 Å². The van der Waals surface area contributed by atoms with Crippen molar-refractivity contribution in [3.05, 3.63) is 95.5 Å². The van der Waals surface area contributed by atoms with Gasteiger partial charge in [0.1, 0.15) is 5.75 Å². The van der Waals surface area contributed by atoms with E-state index in [0.29, 0.717) is 28.3 Å². The molecule has 35 heavy (non-hydrogen) atoms. The maximum Gasteiger partial charge on any atom is 0.263 e. The standard InChI is InChI=1S/C24H20N4O5S2/c1-33-20-10-4-17(5-11-20)23(30)26-18-6-2-16(3-7-18)22(29)27-19-8-12-21(13-9-19)35(31,32)28-24-25-14-15-34-24/h2-15H,1H3,(H,25,28)(H,26,30)(H,27,29). The van der Waals surface area contributed by atoms with Gasteiger partial charge < -0.3 is 15.4 Å². The van der Waals surface area contributed by atoms with Crippen molar-refractivity contribution in [1.82, 2.24) is 4.98 Å². The van der Waals surface area contributed by atoms with E-state index in [1.165, 1.54) is 41.8 Å². The Bertz CT molecular complexity index is 1420. The third-order valence-electron chi connectivity index (χ3n) is 4.83. The number of carbonyl (C=O) groups is 2. The van der Waals surface area contributed by atoms with Gasteiger partial charge in [-0.25, -0.2) is 13.4 Å². The van der Waals surface area contributed by atoms with Gasteiger partial charge in [0.2, 0.25) is 0 Å². The van der Waals surface area contributed by atoms with Crippen LogP contribution in [0.15, 0.2) is 89.3 Å². The molecule has 0 bridgehead atoms. The van der Waals surface area contributed by atoms with E-state index in [2.05, 4.69) is 20.3 Å². The van der Waals surface area contributed by atoms with Crippen LogP contribution in [0.3, 0.4) is 0 Å². The first kappa shape index (κ1) is 23.9. The molecule has 0 fully saturated rings. The molecule has 0 aliphatic carbocycles. The molecule has 3 aromatic carbocycles. The lowest BCUT2D eigenvalue weighted by atomic mass is 10.1. The van der Waals surface area contributed by atoms with Crippen molar-refractivity contribution in [2.75, 3.05) is 22.5 Å². The van der Waals surface area contributed by atoms with Crippen LogP contribution in [-0.4, -0.2) is 32.3 Å². The van der Waals surface area contributed by atoms with Crippen LogP contribution < -0.4 is 20.1 Å². The molecule has 4 rings (SSSR count). The number of ether oxygens (including phenoxy) is 1. The van der Waals surface area contributed by atoms with Gasteiger partial charge in [-0.1, -0.05) is 0 Å². The minimum atomic E-state index is -3.77. The molecule has 0 saturated heterocycles. The van der Waals surface area contributed by atoms with E-state index < -0.39 is 10.0 Å². The van der Waals surface area contributed by atoms with E-state index in [9.17, 15) is 18.0 Å². The van der Waals surface area contributed by atoms with Gasteiger partial charge in [0, 0.05) is 34.1 Å². The highest BCUT2D eigenvalue weighted by Gasteiger charge is 2.16. The summed E-state index contributed by atoms with van der Waals surface area (Å²) >= 11 is 1.17. The summed E-state index contributed by atoms with van der Waals surface area (Å²) in [4.78, 5) is 28.9. The Morgan fingerprint density at radius 1 is 0.800 bits per heavy atom. The molecule has 0 unspecified atom stereocenters. The third kappa shape index (κ3) is 6.02. The predicted octanol–water partition coefficient (Wildman–Crippen LogP) is 4.46. The fourth-order valence-corrected chi connectivity index (χ4v) is 4.81. The molecule has 2 amide bonds. The van der Waals surface area contributed by atoms with E-state index in [1.807, 2.05) is 0 Å². The summed E-state index contributed by atoms with van der Waals surface area (Å²) in [7, 11) is -2.22. The topological polar surface area (TPSA) is 126 Å². The predicted molar refractivity (Wildman–Crippen MR) is 135 cm³/mol. The van der Waals surface area contributed by atoms with Crippen molar-refractivity contribution in [2.45, 2.75) is 4.90 Å². The van der Waals surface area contributed by atoms with Gasteiger partial charge in [-0.2, -0.15) is 0 Å². The summed E-state index contributed by atoms with van der Waals surface area (Å²) < 4.78 is 32.3. The van der Waals surface area contributed by atoms with E-state index in [-0.39, 0.29) is 21.8 Å². The van der Waals surface area contributed by atoms with E-state index in [0.717, 1.165) is 0 Å². The lowest BCUT2D eigenvalue weighted by molar-refractivity contribution is 0.102. The number of thiazole rings is 1. The minimum absolute atomic E-state index is 0.0441. The zero-order valence-electron chi connectivity index (χ0n) is 18.4. The van der Waals surface area contributed by atoms with Gasteiger partial charge in [0.05, 0.1) is 12.0 Å². The molecule has 9 nitrogen and oxygen atoms in total. The van der Waals surface area contributed by atoms with Crippen LogP contribution in [0.1, 0.15) is 20.7 Å². The summed E-state index contributed by atoms with van der Waals surface area (Å²) in [6, 6.07) is 18.9. The molecule has 11 heteroatoms. The number of amides is 2. The van der Waals surface area contributed by atoms with Crippen molar-refractivity contribution < 1.29 is 22.7 Å². The van der Waals surface area contributed by atoms with Crippen molar-refractivity contribution in [1.29, 1.82) is 0 Å². The summed E-state index contributed by atoms with van der Waals surface area (Å²) in [6.07, 6.45) is 1.50. The van der Waals surface area contributed by atoms with Gasteiger partial charge in [0.15, 0.2) is 5.13 Å².